The highest BCUT2D eigenvalue weighted by atomic mass is 16.6. The van der Waals surface area contributed by atoms with E-state index in [9.17, 15) is 9.59 Å². The third-order valence-corrected chi connectivity index (χ3v) is 4.70. The predicted molar refractivity (Wildman–Crippen MR) is 106 cm³/mol. The highest BCUT2D eigenvalue weighted by Crippen LogP contribution is 2.36. The van der Waals surface area contributed by atoms with Crippen LogP contribution >= 0.6 is 0 Å². The molecule has 3 rings (SSSR count). The van der Waals surface area contributed by atoms with E-state index in [0.717, 1.165) is 30.5 Å². The summed E-state index contributed by atoms with van der Waals surface area (Å²) in [7, 11) is 1.61. The van der Waals surface area contributed by atoms with Gasteiger partial charge in [0.05, 0.1) is 0 Å². The molecule has 0 radical (unpaired) electrons. The first-order valence-corrected chi connectivity index (χ1v) is 9.47. The fourth-order valence-corrected chi connectivity index (χ4v) is 3.30. The molecule has 0 saturated heterocycles. The second kappa shape index (κ2) is 7.65. The lowest BCUT2D eigenvalue weighted by atomic mass is 10.0. The first-order chi connectivity index (χ1) is 13.1. The number of amides is 1. The molecule has 3 N–H and O–H groups in total. The van der Waals surface area contributed by atoms with E-state index >= 15 is 0 Å². The third-order valence-electron chi connectivity index (χ3n) is 4.70. The molecule has 1 fully saturated rings. The Balaban J connectivity index is 1.60. The number of nitrogens with one attached hydrogen (secondary N) is 3. The number of hydrogen-bond acceptors (Lipinski definition) is 6. The van der Waals surface area contributed by atoms with E-state index in [-0.39, 0.29) is 29.2 Å². The van der Waals surface area contributed by atoms with Gasteiger partial charge in [-0.15, -0.1) is 0 Å². The van der Waals surface area contributed by atoms with Gasteiger partial charge in [0.15, 0.2) is 11.6 Å². The third kappa shape index (κ3) is 4.90. The molecule has 0 spiro atoms. The molecule has 1 aliphatic rings. The standard InChI is InChI=1S/C19H28N6O3/c1-11-8-16(26)25(5)24-17(11)20-15-10-14(22-23-15)12-6-7-13(9-12)28-18(27)21-19(2,3)4/h8,10,12-13H,6-7,9H2,1-5H3,(H,21,27)(H2,20,22,23,24)/t12-,13+/m0/s1. The van der Waals surface area contributed by atoms with Crippen LogP contribution < -0.4 is 16.2 Å². The molecule has 0 aromatic carbocycles. The predicted octanol–water partition coefficient (Wildman–Crippen LogP) is 2.72. The number of aryl methyl sites for hydroxylation is 2. The Morgan fingerprint density at radius 1 is 1.32 bits per heavy atom. The quantitative estimate of drug-likeness (QED) is 0.742. The molecule has 152 valence electrons. The number of carbonyl (C=O) groups is 1. The topological polar surface area (TPSA) is 114 Å². The van der Waals surface area contributed by atoms with Gasteiger partial charge in [-0.3, -0.25) is 9.89 Å². The zero-order chi connectivity index (χ0) is 20.5. The van der Waals surface area contributed by atoms with Gasteiger partial charge in [0.2, 0.25) is 0 Å². The number of ether oxygens (including phenoxy) is 1. The van der Waals surface area contributed by atoms with Gasteiger partial charge in [0.25, 0.3) is 5.56 Å². The summed E-state index contributed by atoms with van der Waals surface area (Å²) in [6.07, 6.45) is 2.04. The van der Waals surface area contributed by atoms with E-state index in [0.29, 0.717) is 11.6 Å². The van der Waals surface area contributed by atoms with Gasteiger partial charge in [0, 0.05) is 36.3 Å². The molecule has 0 aliphatic heterocycles. The van der Waals surface area contributed by atoms with E-state index in [1.165, 1.54) is 10.7 Å². The van der Waals surface area contributed by atoms with Crippen molar-refractivity contribution in [3.05, 3.63) is 33.7 Å². The van der Waals surface area contributed by atoms with Crippen molar-refractivity contribution in [2.45, 2.75) is 64.5 Å². The molecule has 1 aliphatic carbocycles. The molecule has 9 nitrogen and oxygen atoms in total. The summed E-state index contributed by atoms with van der Waals surface area (Å²) in [5, 5.41) is 17.6. The monoisotopic (exact) mass is 388 g/mol. The first-order valence-electron chi connectivity index (χ1n) is 9.47. The molecule has 28 heavy (non-hydrogen) atoms. The maximum absolute atomic E-state index is 12.0. The number of alkyl carbamates (subject to hydrolysis) is 1. The van der Waals surface area contributed by atoms with E-state index in [1.807, 2.05) is 33.8 Å². The summed E-state index contributed by atoms with van der Waals surface area (Å²) in [6.45, 7) is 7.59. The highest BCUT2D eigenvalue weighted by molar-refractivity contribution is 5.68. The van der Waals surface area contributed by atoms with Crippen LogP contribution in [-0.2, 0) is 11.8 Å². The number of rotatable bonds is 4. The number of H-pyrrole nitrogens is 1. The Labute approximate surface area is 163 Å². The van der Waals surface area contributed by atoms with Crippen LogP contribution in [0.3, 0.4) is 0 Å². The van der Waals surface area contributed by atoms with Crippen molar-refractivity contribution in [2.24, 2.45) is 7.05 Å². The van der Waals surface area contributed by atoms with Crippen molar-refractivity contribution in [1.29, 1.82) is 0 Å². The zero-order valence-electron chi connectivity index (χ0n) is 17.0. The maximum atomic E-state index is 12.0. The summed E-state index contributed by atoms with van der Waals surface area (Å²) in [5.74, 6) is 1.48. The van der Waals surface area contributed by atoms with Gasteiger partial charge in [-0.1, -0.05) is 0 Å². The van der Waals surface area contributed by atoms with E-state index in [2.05, 4.69) is 25.9 Å². The number of nitrogens with zero attached hydrogens (tertiary/aromatic N) is 3. The van der Waals surface area contributed by atoms with Crippen molar-refractivity contribution < 1.29 is 9.53 Å². The van der Waals surface area contributed by atoms with Crippen LogP contribution in [0.25, 0.3) is 0 Å². The van der Waals surface area contributed by atoms with Crippen LogP contribution in [0.15, 0.2) is 16.9 Å². The molecule has 1 saturated carbocycles. The van der Waals surface area contributed by atoms with Crippen LogP contribution in [0.5, 0.6) is 0 Å². The molecule has 1 amide bonds. The molecule has 2 atom stereocenters. The molecule has 2 aromatic heterocycles. The molecule has 2 aromatic rings. The summed E-state index contributed by atoms with van der Waals surface area (Å²) >= 11 is 0. The van der Waals surface area contributed by atoms with Crippen LogP contribution in [0.1, 0.15) is 57.2 Å². The van der Waals surface area contributed by atoms with E-state index in [4.69, 9.17) is 4.74 Å². The molecular weight excluding hydrogens is 360 g/mol. The fourth-order valence-electron chi connectivity index (χ4n) is 3.30. The van der Waals surface area contributed by atoms with Crippen molar-refractivity contribution in [2.75, 3.05) is 5.32 Å². The largest absolute Gasteiger partial charge is 0.446 e. The summed E-state index contributed by atoms with van der Waals surface area (Å²) in [6, 6.07) is 3.47. The number of aromatic nitrogens is 4. The maximum Gasteiger partial charge on any atom is 0.407 e. The Bertz CT molecular complexity index is 911. The minimum atomic E-state index is -0.374. The second-order valence-electron chi connectivity index (χ2n) is 8.38. The van der Waals surface area contributed by atoms with Gasteiger partial charge < -0.3 is 15.4 Å². The van der Waals surface area contributed by atoms with Crippen LogP contribution in [0, 0.1) is 6.92 Å². The molecule has 2 heterocycles. The van der Waals surface area contributed by atoms with Crippen molar-refractivity contribution in [3.63, 3.8) is 0 Å². The minimum absolute atomic E-state index is 0.0976. The van der Waals surface area contributed by atoms with Gasteiger partial charge in [-0.2, -0.15) is 10.2 Å². The van der Waals surface area contributed by atoms with Crippen LogP contribution in [-0.4, -0.2) is 37.7 Å². The molecule has 0 unspecified atom stereocenters. The average molecular weight is 388 g/mol. The molecule has 9 heteroatoms. The average Bonchev–Trinajstić information content (AvgIpc) is 3.20. The van der Waals surface area contributed by atoms with Gasteiger partial charge in [-0.05, 0) is 52.5 Å². The van der Waals surface area contributed by atoms with Crippen LogP contribution in [0.4, 0.5) is 16.4 Å². The summed E-state index contributed by atoms with van der Waals surface area (Å²) < 4.78 is 6.82. The van der Waals surface area contributed by atoms with Gasteiger partial charge >= 0.3 is 6.09 Å². The van der Waals surface area contributed by atoms with Gasteiger partial charge in [-0.25, -0.2) is 9.48 Å². The van der Waals surface area contributed by atoms with E-state index < -0.39 is 0 Å². The fraction of sp³-hybridized carbons (Fsp3) is 0.579. The second-order valence-corrected chi connectivity index (χ2v) is 8.38. The van der Waals surface area contributed by atoms with Gasteiger partial charge in [0.1, 0.15) is 6.10 Å². The number of hydrogen-bond donors (Lipinski definition) is 3. The lowest BCUT2D eigenvalue weighted by Crippen LogP contribution is -2.42. The normalized spacial score (nSPS) is 19.5. The number of carbonyl (C=O) groups excluding carboxylic acids is 1. The van der Waals surface area contributed by atoms with Crippen LogP contribution in [0.2, 0.25) is 0 Å². The number of anilines is 2. The smallest absolute Gasteiger partial charge is 0.407 e. The van der Waals surface area contributed by atoms with Crippen molar-refractivity contribution >= 4 is 17.7 Å². The minimum Gasteiger partial charge on any atom is -0.446 e. The molecular formula is C19H28N6O3. The Morgan fingerprint density at radius 2 is 2.07 bits per heavy atom. The molecule has 0 bridgehead atoms. The lowest BCUT2D eigenvalue weighted by Gasteiger charge is -2.22. The Kier molecular flexibility index (Phi) is 5.44. The lowest BCUT2D eigenvalue weighted by molar-refractivity contribution is 0.0937. The summed E-state index contributed by atoms with van der Waals surface area (Å²) in [4.78, 5) is 23.6. The SMILES string of the molecule is Cc1cc(=O)n(C)nc1Nc1cc([C@H]2CC[C@@H](OC(=O)NC(C)(C)C)C2)[nH]n1. The Hall–Kier alpha value is -2.84. The summed E-state index contributed by atoms with van der Waals surface area (Å²) in [5.41, 5.74) is 1.28. The number of aromatic amines is 1. The Morgan fingerprint density at radius 3 is 2.79 bits per heavy atom. The van der Waals surface area contributed by atoms with Crippen molar-refractivity contribution in [3.8, 4) is 0 Å². The van der Waals surface area contributed by atoms with E-state index in [1.54, 1.807) is 7.05 Å². The highest BCUT2D eigenvalue weighted by Gasteiger charge is 2.30. The van der Waals surface area contributed by atoms with Crippen molar-refractivity contribution in [1.82, 2.24) is 25.3 Å². The zero-order valence-corrected chi connectivity index (χ0v) is 17.0. The first kappa shape index (κ1) is 19.9.